The first kappa shape index (κ1) is 25.5. The Kier molecular flexibility index (Phi) is 8.70. The Bertz CT molecular complexity index is 1150. The van der Waals surface area contributed by atoms with E-state index in [-0.39, 0.29) is 10.9 Å². The van der Waals surface area contributed by atoms with Gasteiger partial charge in [0.15, 0.2) is 11.6 Å². The fourth-order valence-electron chi connectivity index (χ4n) is 5.63. The first-order valence-corrected chi connectivity index (χ1v) is 13.3. The summed E-state index contributed by atoms with van der Waals surface area (Å²) in [6.45, 7) is 4.02. The predicted octanol–water partition coefficient (Wildman–Crippen LogP) is 9.97. The van der Waals surface area contributed by atoms with Crippen molar-refractivity contribution in [3.05, 3.63) is 83.2 Å². The quantitative estimate of drug-likeness (QED) is 0.268. The summed E-state index contributed by atoms with van der Waals surface area (Å²) < 4.78 is 44.7. The van der Waals surface area contributed by atoms with Crippen molar-refractivity contribution < 1.29 is 13.2 Å². The number of hydrogen-bond donors (Lipinski definition) is 0. The van der Waals surface area contributed by atoms with Gasteiger partial charge in [-0.2, -0.15) is 0 Å². The second-order valence-corrected chi connectivity index (χ2v) is 10.2. The van der Waals surface area contributed by atoms with E-state index in [0.29, 0.717) is 22.9 Å². The first-order chi connectivity index (χ1) is 17.0. The molecule has 3 heteroatoms. The second kappa shape index (κ2) is 11.9. The summed E-state index contributed by atoms with van der Waals surface area (Å²) in [5.41, 5.74) is 2.45. The molecule has 186 valence electrons. The molecule has 0 aliphatic heterocycles. The van der Waals surface area contributed by atoms with Crippen LogP contribution in [-0.2, 0) is 12.8 Å². The molecule has 0 heterocycles. The molecule has 0 aromatic heterocycles. The third kappa shape index (κ3) is 6.00. The minimum Gasteiger partial charge on any atom is -0.206 e. The van der Waals surface area contributed by atoms with Crippen LogP contribution >= 0.6 is 0 Å². The number of benzene rings is 3. The van der Waals surface area contributed by atoms with E-state index < -0.39 is 17.5 Å². The lowest BCUT2D eigenvalue weighted by atomic mass is 9.78. The van der Waals surface area contributed by atoms with Crippen molar-refractivity contribution in [3.8, 4) is 11.1 Å². The third-order valence-electron chi connectivity index (χ3n) is 7.77. The molecule has 0 radical (unpaired) electrons. The summed E-state index contributed by atoms with van der Waals surface area (Å²) in [6, 6.07) is 12.7. The fourth-order valence-corrected chi connectivity index (χ4v) is 5.63. The van der Waals surface area contributed by atoms with Gasteiger partial charge >= 0.3 is 0 Å². The third-order valence-corrected chi connectivity index (χ3v) is 7.77. The molecular formula is C32H37F3. The van der Waals surface area contributed by atoms with Gasteiger partial charge in [-0.15, -0.1) is 0 Å². The second-order valence-electron chi connectivity index (χ2n) is 10.2. The van der Waals surface area contributed by atoms with Gasteiger partial charge in [0.25, 0.3) is 0 Å². The maximum absolute atomic E-state index is 15.0. The lowest BCUT2D eigenvalue weighted by Gasteiger charge is -2.28. The van der Waals surface area contributed by atoms with E-state index in [9.17, 15) is 13.2 Å². The molecule has 1 aliphatic carbocycles. The summed E-state index contributed by atoms with van der Waals surface area (Å²) in [6.07, 6.45) is 15.7. The summed E-state index contributed by atoms with van der Waals surface area (Å²) in [7, 11) is 0. The van der Waals surface area contributed by atoms with Crippen LogP contribution in [0.25, 0.3) is 21.9 Å². The normalized spacial score (nSPS) is 18.5. The molecule has 0 spiro atoms. The first-order valence-electron chi connectivity index (χ1n) is 13.3. The summed E-state index contributed by atoms with van der Waals surface area (Å²) in [5, 5.41) is 0.145. The molecule has 0 nitrogen and oxygen atoms in total. The van der Waals surface area contributed by atoms with Crippen LogP contribution in [0.15, 0.2) is 54.6 Å². The molecule has 0 atom stereocenters. The number of fused-ring (bicyclic) bond motifs is 1. The minimum atomic E-state index is -1.10. The van der Waals surface area contributed by atoms with Crippen LogP contribution in [0.5, 0.6) is 0 Å². The van der Waals surface area contributed by atoms with Crippen molar-refractivity contribution in [3.63, 3.8) is 0 Å². The molecule has 1 aliphatic rings. The van der Waals surface area contributed by atoms with Crippen LogP contribution < -0.4 is 0 Å². The highest BCUT2D eigenvalue weighted by Crippen LogP contribution is 2.35. The van der Waals surface area contributed by atoms with Gasteiger partial charge in [-0.3, -0.25) is 0 Å². The van der Waals surface area contributed by atoms with E-state index in [1.807, 2.05) is 31.2 Å². The van der Waals surface area contributed by atoms with Gasteiger partial charge in [-0.25, -0.2) is 13.2 Å². The van der Waals surface area contributed by atoms with Gasteiger partial charge in [0.05, 0.1) is 5.39 Å². The molecule has 1 saturated carbocycles. The molecule has 0 N–H and O–H groups in total. The molecule has 35 heavy (non-hydrogen) atoms. The van der Waals surface area contributed by atoms with Crippen LogP contribution in [0.1, 0.15) is 76.3 Å². The maximum Gasteiger partial charge on any atom is 0.170 e. The van der Waals surface area contributed by atoms with E-state index in [2.05, 4.69) is 19.1 Å². The highest BCUT2D eigenvalue weighted by Gasteiger charge is 2.21. The molecule has 3 aromatic carbocycles. The van der Waals surface area contributed by atoms with Crippen molar-refractivity contribution in [2.75, 3.05) is 0 Å². The molecule has 4 rings (SSSR count). The molecule has 0 amide bonds. The van der Waals surface area contributed by atoms with Gasteiger partial charge in [0.1, 0.15) is 5.82 Å². The van der Waals surface area contributed by atoms with Crippen LogP contribution in [-0.4, -0.2) is 0 Å². The van der Waals surface area contributed by atoms with Crippen molar-refractivity contribution in [1.29, 1.82) is 0 Å². The van der Waals surface area contributed by atoms with Crippen LogP contribution in [0.2, 0.25) is 0 Å². The zero-order chi connectivity index (χ0) is 24.8. The Morgan fingerprint density at radius 2 is 1.49 bits per heavy atom. The highest BCUT2D eigenvalue weighted by molar-refractivity contribution is 5.89. The van der Waals surface area contributed by atoms with Crippen molar-refractivity contribution in [2.45, 2.75) is 78.1 Å². The Balaban J connectivity index is 1.41. The van der Waals surface area contributed by atoms with Crippen LogP contribution in [0.3, 0.4) is 0 Å². The van der Waals surface area contributed by atoms with Crippen molar-refractivity contribution in [1.82, 2.24) is 0 Å². The minimum absolute atomic E-state index is 0.181. The number of aryl methyl sites for hydroxylation is 2. The summed E-state index contributed by atoms with van der Waals surface area (Å²) in [5.74, 6) is -1.06. The average Bonchev–Trinajstić information content (AvgIpc) is 2.88. The van der Waals surface area contributed by atoms with E-state index in [1.54, 1.807) is 18.2 Å². The van der Waals surface area contributed by atoms with Crippen LogP contribution in [0.4, 0.5) is 13.2 Å². The number of rotatable bonds is 9. The Labute approximate surface area is 208 Å². The number of halogens is 3. The smallest absolute Gasteiger partial charge is 0.170 e. The standard InChI is InChI=1S/C32H37F3/c1-3-5-6-8-22-9-11-23(12-10-22)13-14-24-15-17-25(18-16-24)28-21-27-20-19-26(7-4-2)30(33)29(27)32(35)31(28)34/h3,5,15-23H,4,6-14H2,1-2H3/b5-3+. The van der Waals surface area contributed by atoms with E-state index in [4.69, 9.17) is 0 Å². The van der Waals surface area contributed by atoms with Gasteiger partial charge in [0, 0.05) is 5.56 Å². The van der Waals surface area contributed by atoms with Gasteiger partial charge in [-0.1, -0.05) is 87.6 Å². The van der Waals surface area contributed by atoms with Crippen LogP contribution in [0, 0.1) is 29.3 Å². The zero-order valence-electron chi connectivity index (χ0n) is 21.1. The number of allylic oxidation sites excluding steroid dienone is 2. The molecular weight excluding hydrogens is 441 g/mol. The zero-order valence-corrected chi connectivity index (χ0v) is 21.1. The molecule has 3 aromatic rings. The Hall–Kier alpha value is -2.55. The van der Waals surface area contributed by atoms with Gasteiger partial charge < -0.3 is 0 Å². The Morgan fingerprint density at radius 1 is 0.800 bits per heavy atom. The molecule has 0 unspecified atom stereocenters. The highest BCUT2D eigenvalue weighted by atomic mass is 19.2. The lowest BCUT2D eigenvalue weighted by Crippen LogP contribution is -2.15. The fraction of sp³-hybridized carbons (Fsp3) is 0.438. The molecule has 1 fully saturated rings. The number of hydrogen-bond acceptors (Lipinski definition) is 0. The maximum atomic E-state index is 15.0. The SMILES string of the molecule is C/C=C/CCC1CCC(CCc2ccc(-c3cc4ccc(CCC)c(F)c4c(F)c3F)cc2)CC1. The summed E-state index contributed by atoms with van der Waals surface area (Å²) >= 11 is 0. The molecule has 0 bridgehead atoms. The van der Waals surface area contributed by atoms with E-state index in [1.165, 1.54) is 50.5 Å². The van der Waals surface area contributed by atoms with Crippen molar-refractivity contribution >= 4 is 10.8 Å². The Morgan fingerprint density at radius 3 is 2.14 bits per heavy atom. The predicted molar refractivity (Wildman–Crippen MR) is 141 cm³/mol. The van der Waals surface area contributed by atoms with Gasteiger partial charge in [0.2, 0.25) is 0 Å². The van der Waals surface area contributed by atoms with E-state index >= 15 is 0 Å². The van der Waals surface area contributed by atoms with E-state index in [0.717, 1.165) is 24.7 Å². The van der Waals surface area contributed by atoms with Crippen molar-refractivity contribution in [2.24, 2.45) is 11.8 Å². The molecule has 0 saturated heterocycles. The van der Waals surface area contributed by atoms with Gasteiger partial charge in [-0.05, 0) is 79.0 Å². The largest absolute Gasteiger partial charge is 0.206 e. The topological polar surface area (TPSA) is 0 Å². The lowest BCUT2D eigenvalue weighted by molar-refractivity contribution is 0.254. The average molecular weight is 479 g/mol. The summed E-state index contributed by atoms with van der Waals surface area (Å²) in [4.78, 5) is 0. The monoisotopic (exact) mass is 478 g/mol.